The van der Waals surface area contributed by atoms with Crippen molar-refractivity contribution >= 4 is 21.9 Å². The molecule has 2 unspecified atom stereocenters. The lowest BCUT2D eigenvalue weighted by Crippen LogP contribution is -2.41. The highest BCUT2D eigenvalue weighted by molar-refractivity contribution is 9.10. The van der Waals surface area contributed by atoms with Gasteiger partial charge in [-0.15, -0.1) is 0 Å². The third-order valence-electron chi connectivity index (χ3n) is 2.09. The zero-order valence-corrected chi connectivity index (χ0v) is 10.5. The molecular weight excluding hydrogens is 274 g/mol. The lowest BCUT2D eigenvalue weighted by atomic mass is 10.2. The first kappa shape index (κ1) is 13.2. The molecule has 3 N–H and O–H groups in total. The molecule has 0 heterocycles. The Hall–Kier alpha value is -0.910. The van der Waals surface area contributed by atoms with E-state index in [1.807, 2.05) is 24.3 Å². The highest BCUT2D eigenvalue weighted by Crippen LogP contribution is 2.11. The standard InChI is InChI=1S/C11H14BrNO3/c1-7(14)10(13)11(15)16-6-8-2-4-9(12)5-3-8/h2-5,7,10,14H,6,13H2,1H3. The Morgan fingerprint density at radius 2 is 2.06 bits per heavy atom. The van der Waals surface area contributed by atoms with Gasteiger partial charge >= 0.3 is 5.97 Å². The number of esters is 1. The van der Waals surface area contributed by atoms with Gasteiger partial charge in [0.25, 0.3) is 0 Å². The number of benzene rings is 1. The third-order valence-corrected chi connectivity index (χ3v) is 2.61. The fraction of sp³-hybridized carbons (Fsp3) is 0.364. The van der Waals surface area contributed by atoms with Crippen molar-refractivity contribution in [2.24, 2.45) is 5.73 Å². The van der Waals surface area contributed by atoms with Gasteiger partial charge < -0.3 is 15.6 Å². The SMILES string of the molecule is CC(O)C(N)C(=O)OCc1ccc(Br)cc1. The predicted octanol–water partition coefficient (Wildman–Crippen LogP) is 1.20. The average molecular weight is 288 g/mol. The zero-order chi connectivity index (χ0) is 12.1. The van der Waals surface area contributed by atoms with Crippen LogP contribution in [0.2, 0.25) is 0 Å². The molecule has 0 amide bonds. The maximum atomic E-state index is 11.3. The smallest absolute Gasteiger partial charge is 0.325 e. The molecule has 1 aromatic carbocycles. The third kappa shape index (κ3) is 3.92. The summed E-state index contributed by atoms with van der Waals surface area (Å²) < 4.78 is 5.91. The van der Waals surface area contributed by atoms with Gasteiger partial charge in [0, 0.05) is 4.47 Å². The molecule has 16 heavy (non-hydrogen) atoms. The van der Waals surface area contributed by atoms with E-state index in [0.717, 1.165) is 10.0 Å². The number of hydrogen-bond donors (Lipinski definition) is 2. The van der Waals surface area contributed by atoms with Crippen molar-refractivity contribution in [3.05, 3.63) is 34.3 Å². The van der Waals surface area contributed by atoms with Crippen molar-refractivity contribution in [2.45, 2.75) is 25.7 Å². The van der Waals surface area contributed by atoms with Gasteiger partial charge in [-0.25, -0.2) is 0 Å². The molecule has 0 aliphatic heterocycles. The Bertz CT molecular complexity index is 351. The monoisotopic (exact) mass is 287 g/mol. The number of carbonyl (C=O) groups is 1. The number of rotatable bonds is 4. The molecule has 0 spiro atoms. The van der Waals surface area contributed by atoms with Crippen LogP contribution >= 0.6 is 15.9 Å². The normalized spacial score (nSPS) is 14.2. The van der Waals surface area contributed by atoms with Gasteiger partial charge in [0.1, 0.15) is 12.6 Å². The summed E-state index contributed by atoms with van der Waals surface area (Å²) in [5.41, 5.74) is 6.29. The van der Waals surface area contributed by atoms with E-state index in [-0.39, 0.29) is 6.61 Å². The van der Waals surface area contributed by atoms with Crippen LogP contribution in [0, 0.1) is 0 Å². The van der Waals surface area contributed by atoms with Crippen molar-refractivity contribution in [2.75, 3.05) is 0 Å². The second-order valence-electron chi connectivity index (χ2n) is 3.50. The number of hydrogen-bond acceptors (Lipinski definition) is 4. The number of aliphatic hydroxyl groups is 1. The highest BCUT2D eigenvalue weighted by Gasteiger charge is 2.20. The van der Waals surface area contributed by atoms with Crippen molar-refractivity contribution in [1.29, 1.82) is 0 Å². The lowest BCUT2D eigenvalue weighted by Gasteiger charge is -2.13. The molecule has 5 heteroatoms. The van der Waals surface area contributed by atoms with Crippen LogP contribution in [-0.2, 0) is 16.1 Å². The topological polar surface area (TPSA) is 72.5 Å². The summed E-state index contributed by atoms with van der Waals surface area (Å²) in [5.74, 6) is -0.599. The van der Waals surface area contributed by atoms with E-state index in [1.165, 1.54) is 6.92 Å². The van der Waals surface area contributed by atoms with Gasteiger partial charge in [-0.2, -0.15) is 0 Å². The van der Waals surface area contributed by atoms with Crippen LogP contribution in [0.1, 0.15) is 12.5 Å². The van der Waals surface area contributed by atoms with Crippen molar-refractivity contribution < 1.29 is 14.6 Å². The summed E-state index contributed by atoms with van der Waals surface area (Å²) in [7, 11) is 0. The van der Waals surface area contributed by atoms with Crippen molar-refractivity contribution in [1.82, 2.24) is 0 Å². The second kappa shape index (κ2) is 5.98. The maximum absolute atomic E-state index is 11.3. The molecule has 0 aliphatic rings. The van der Waals surface area contributed by atoms with Crippen LogP contribution in [0.15, 0.2) is 28.7 Å². The molecule has 1 aromatic rings. The first-order valence-corrected chi connectivity index (χ1v) is 5.64. The Morgan fingerprint density at radius 1 is 1.50 bits per heavy atom. The highest BCUT2D eigenvalue weighted by atomic mass is 79.9. The van der Waals surface area contributed by atoms with Gasteiger partial charge in [0.2, 0.25) is 0 Å². The fourth-order valence-electron chi connectivity index (χ4n) is 1.03. The molecule has 4 nitrogen and oxygen atoms in total. The minimum Gasteiger partial charge on any atom is -0.460 e. The molecule has 88 valence electrons. The molecule has 0 radical (unpaired) electrons. The molecule has 1 rings (SSSR count). The predicted molar refractivity (Wildman–Crippen MR) is 63.6 cm³/mol. The van der Waals surface area contributed by atoms with Gasteiger partial charge in [-0.3, -0.25) is 4.79 Å². The van der Waals surface area contributed by atoms with Crippen LogP contribution in [0.25, 0.3) is 0 Å². The van der Waals surface area contributed by atoms with E-state index < -0.39 is 18.1 Å². The van der Waals surface area contributed by atoms with Crippen molar-refractivity contribution in [3.8, 4) is 0 Å². The summed E-state index contributed by atoms with van der Waals surface area (Å²) in [4.78, 5) is 11.3. The summed E-state index contributed by atoms with van der Waals surface area (Å²) in [6.45, 7) is 1.61. The summed E-state index contributed by atoms with van der Waals surface area (Å²) in [6, 6.07) is 6.40. The van der Waals surface area contributed by atoms with Crippen LogP contribution in [-0.4, -0.2) is 23.2 Å². The molecule has 0 saturated heterocycles. The molecule has 0 bridgehead atoms. The summed E-state index contributed by atoms with van der Waals surface area (Å²) in [5, 5.41) is 9.09. The Morgan fingerprint density at radius 3 is 2.56 bits per heavy atom. The molecule has 0 saturated carbocycles. The molecule has 0 aromatic heterocycles. The van der Waals surface area contributed by atoms with Gasteiger partial charge in [0.05, 0.1) is 6.10 Å². The fourth-order valence-corrected chi connectivity index (χ4v) is 1.29. The number of aliphatic hydroxyl groups excluding tert-OH is 1. The Balaban J connectivity index is 2.46. The Kier molecular flexibility index (Phi) is 4.92. The van der Waals surface area contributed by atoms with E-state index in [0.29, 0.717) is 0 Å². The van der Waals surface area contributed by atoms with E-state index in [4.69, 9.17) is 15.6 Å². The Labute approximate surface area is 103 Å². The van der Waals surface area contributed by atoms with Gasteiger partial charge in [-0.1, -0.05) is 28.1 Å². The van der Waals surface area contributed by atoms with Crippen LogP contribution in [0.3, 0.4) is 0 Å². The summed E-state index contributed by atoms with van der Waals surface area (Å²) >= 11 is 3.31. The number of carbonyl (C=O) groups excluding carboxylic acids is 1. The van der Waals surface area contributed by atoms with E-state index in [1.54, 1.807) is 0 Å². The quantitative estimate of drug-likeness (QED) is 0.817. The number of nitrogens with two attached hydrogens (primary N) is 1. The first-order chi connectivity index (χ1) is 7.50. The molecular formula is C11H14BrNO3. The largest absolute Gasteiger partial charge is 0.460 e. The van der Waals surface area contributed by atoms with Gasteiger partial charge in [-0.05, 0) is 24.6 Å². The second-order valence-corrected chi connectivity index (χ2v) is 4.42. The van der Waals surface area contributed by atoms with Crippen LogP contribution in [0.5, 0.6) is 0 Å². The molecule has 0 aliphatic carbocycles. The van der Waals surface area contributed by atoms with Crippen LogP contribution < -0.4 is 5.73 Å². The van der Waals surface area contributed by atoms with Gasteiger partial charge in [0.15, 0.2) is 0 Å². The maximum Gasteiger partial charge on any atom is 0.325 e. The average Bonchev–Trinajstić information content (AvgIpc) is 2.26. The van der Waals surface area contributed by atoms with E-state index >= 15 is 0 Å². The van der Waals surface area contributed by atoms with E-state index in [2.05, 4.69) is 15.9 Å². The minimum absolute atomic E-state index is 0.159. The number of halogens is 1. The van der Waals surface area contributed by atoms with Crippen molar-refractivity contribution in [3.63, 3.8) is 0 Å². The number of ether oxygens (including phenoxy) is 1. The minimum atomic E-state index is -0.990. The molecule has 0 fully saturated rings. The molecule has 2 atom stereocenters. The zero-order valence-electron chi connectivity index (χ0n) is 8.89. The van der Waals surface area contributed by atoms with E-state index in [9.17, 15) is 4.79 Å². The van der Waals surface area contributed by atoms with Crippen LogP contribution in [0.4, 0.5) is 0 Å². The lowest BCUT2D eigenvalue weighted by molar-refractivity contribution is -0.149. The first-order valence-electron chi connectivity index (χ1n) is 4.85. The summed E-state index contributed by atoms with van der Waals surface area (Å²) in [6.07, 6.45) is -0.905.